The average molecular weight is 187 g/mol. The SMILES string of the molecule is O=C([O-])COc1ccnc(Cl)c1. The van der Waals surface area contributed by atoms with Crippen molar-refractivity contribution in [1.82, 2.24) is 4.98 Å². The number of carboxylic acids is 1. The third-order valence-electron chi connectivity index (χ3n) is 1.05. The van der Waals surface area contributed by atoms with Gasteiger partial charge in [-0.25, -0.2) is 4.98 Å². The maximum atomic E-state index is 9.97. The van der Waals surface area contributed by atoms with Gasteiger partial charge in [0.05, 0.1) is 5.97 Å². The summed E-state index contributed by atoms with van der Waals surface area (Å²) in [5, 5.41) is 10.2. The Labute approximate surface area is 73.8 Å². The Morgan fingerprint density at radius 1 is 1.75 bits per heavy atom. The smallest absolute Gasteiger partial charge is 0.132 e. The van der Waals surface area contributed by atoms with Gasteiger partial charge in [-0.15, -0.1) is 0 Å². The first-order valence-corrected chi connectivity index (χ1v) is 3.50. The first kappa shape index (κ1) is 8.80. The normalized spacial score (nSPS) is 9.42. The third kappa shape index (κ3) is 2.75. The fourth-order valence-electron chi connectivity index (χ4n) is 0.617. The number of carbonyl (C=O) groups is 1. The molecule has 12 heavy (non-hydrogen) atoms. The van der Waals surface area contributed by atoms with Crippen LogP contribution in [0.15, 0.2) is 18.3 Å². The number of hydrogen-bond acceptors (Lipinski definition) is 4. The topological polar surface area (TPSA) is 62.2 Å². The number of pyridine rings is 1. The molecule has 0 atom stereocenters. The van der Waals surface area contributed by atoms with Crippen LogP contribution in [0.5, 0.6) is 5.75 Å². The largest absolute Gasteiger partial charge is 0.546 e. The molecule has 1 aromatic heterocycles. The van der Waals surface area contributed by atoms with Crippen molar-refractivity contribution in [3.63, 3.8) is 0 Å². The predicted octanol–water partition coefficient (Wildman–Crippen LogP) is -0.136. The van der Waals surface area contributed by atoms with E-state index < -0.39 is 12.6 Å². The van der Waals surface area contributed by atoms with Gasteiger partial charge < -0.3 is 14.6 Å². The molecule has 5 heteroatoms. The fraction of sp³-hybridized carbons (Fsp3) is 0.143. The van der Waals surface area contributed by atoms with E-state index in [0.29, 0.717) is 5.75 Å². The third-order valence-corrected chi connectivity index (χ3v) is 1.26. The van der Waals surface area contributed by atoms with Crippen molar-refractivity contribution in [3.8, 4) is 5.75 Å². The lowest BCUT2D eigenvalue weighted by molar-refractivity contribution is -0.307. The molecular formula is C7H5ClNO3-. The standard InChI is InChI=1S/C7H6ClNO3/c8-6-3-5(1-2-9-6)12-4-7(10)11/h1-3H,4H2,(H,10,11)/p-1. The summed E-state index contributed by atoms with van der Waals surface area (Å²) in [6.07, 6.45) is 1.42. The van der Waals surface area contributed by atoms with Gasteiger partial charge in [-0.2, -0.15) is 0 Å². The molecule has 0 radical (unpaired) electrons. The van der Waals surface area contributed by atoms with Crippen LogP contribution in [0.25, 0.3) is 0 Å². The number of halogens is 1. The van der Waals surface area contributed by atoms with Crippen molar-refractivity contribution >= 4 is 17.6 Å². The lowest BCUT2D eigenvalue weighted by atomic mass is 10.4. The summed E-state index contributed by atoms with van der Waals surface area (Å²) in [6, 6.07) is 2.93. The molecule has 0 aliphatic heterocycles. The summed E-state index contributed by atoms with van der Waals surface area (Å²) in [7, 11) is 0. The van der Waals surface area contributed by atoms with Crippen molar-refractivity contribution in [1.29, 1.82) is 0 Å². The van der Waals surface area contributed by atoms with Gasteiger partial charge in [0.15, 0.2) is 0 Å². The molecule has 1 heterocycles. The Balaban J connectivity index is 2.57. The van der Waals surface area contributed by atoms with E-state index in [1.54, 1.807) is 0 Å². The van der Waals surface area contributed by atoms with Crippen LogP contribution < -0.4 is 9.84 Å². The van der Waals surface area contributed by atoms with Gasteiger partial charge in [0, 0.05) is 12.3 Å². The Bertz CT molecular complexity index is 290. The van der Waals surface area contributed by atoms with E-state index in [1.807, 2.05) is 0 Å². The zero-order chi connectivity index (χ0) is 8.97. The van der Waals surface area contributed by atoms with E-state index in [2.05, 4.69) is 4.98 Å². The summed E-state index contributed by atoms with van der Waals surface area (Å²) in [4.78, 5) is 13.7. The summed E-state index contributed by atoms with van der Waals surface area (Å²) in [5.74, 6) is -0.915. The van der Waals surface area contributed by atoms with Crippen molar-refractivity contribution < 1.29 is 14.6 Å². The Kier molecular flexibility index (Phi) is 2.88. The van der Waals surface area contributed by atoms with Crippen LogP contribution in [0.3, 0.4) is 0 Å². The highest BCUT2D eigenvalue weighted by Gasteiger charge is 1.94. The van der Waals surface area contributed by atoms with Crippen LogP contribution in [0.2, 0.25) is 5.15 Å². The lowest BCUT2D eigenvalue weighted by Crippen LogP contribution is -2.28. The van der Waals surface area contributed by atoms with Crippen LogP contribution >= 0.6 is 11.6 Å². The van der Waals surface area contributed by atoms with Gasteiger partial charge in [-0.1, -0.05) is 11.6 Å². The highest BCUT2D eigenvalue weighted by Crippen LogP contribution is 2.13. The second-order valence-electron chi connectivity index (χ2n) is 1.97. The quantitative estimate of drug-likeness (QED) is 0.617. The minimum absolute atomic E-state index is 0.255. The number of carboxylic acid groups (broad SMARTS) is 1. The molecule has 0 saturated heterocycles. The number of rotatable bonds is 3. The number of nitrogens with zero attached hydrogens (tertiary/aromatic N) is 1. The summed E-state index contributed by atoms with van der Waals surface area (Å²) in [5.41, 5.74) is 0. The maximum absolute atomic E-state index is 9.97. The number of aromatic nitrogens is 1. The first-order chi connectivity index (χ1) is 5.68. The number of ether oxygens (including phenoxy) is 1. The first-order valence-electron chi connectivity index (χ1n) is 3.12. The molecule has 0 aliphatic carbocycles. The average Bonchev–Trinajstić information content (AvgIpc) is 2.01. The molecule has 64 valence electrons. The van der Waals surface area contributed by atoms with E-state index in [-0.39, 0.29) is 5.15 Å². The molecule has 1 rings (SSSR count). The zero-order valence-corrected chi connectivity index (χ0v) is 6.75. The molecule has 0 spiro atoms. The van der Waals surface area contributed by atoms with Gasteiger partial charge in [-0.3, -0.25) is 0 Å². The van der Waals surface area contributed by atoms with E-state index in [0.717, 1.165) is 0 Å². The molecule has 1 aromatic rings. The minimum Gasteiger partial charge on any atom is -0.546 e. The Hall–Kier alpha value is -1.29. The molecule has 0 fully saturated rings. The monoisotopic (exact) mass is 186 g/mol. The van der Waals surface area contributed by atoms with Crippen LogP contribution in [-0.2, 0) is 4.79 Å². The highest BCUT2D eigenvalue weighted by atomic mass is 35.5. The molecule has 0 amide bonds. The molecule has 0 bridgehead atoms. The number of hydrogen-bond donors (Lipinski definition) is 0. The van der Waals surface area contributed by atoms with Gasteiger partial charge >= 0.3 is 0 Å². The van der Waals surface area contributed by atoms with E-state index in [9.17, 15) is 9.90 Å². The molecule has 0 aliphatic rings. The van der Waals surface area contributed by atoms with Crippen LogP contribution in [-0.4, -0.2) is 17.6 Å². The van der Waals surface area contributed by atoms with Gasteiger partial charge in [0.2, 0.25) is 0 Å². The van der Waals surface area contributed by atoms with Crippen molar-refractivity contribution in [2.45, 2.75) is 0 Å². The molecule has 4 nitrogen and oxygen atoms in total. The molecule has 0 aromatic carbocycles. The van der Waals surface area contributed by atoms with Crippen LogP contribution in [0.1, 0.15) is 0 Å². The van der Waals surface area contributed by atoms with E-state index in [1.165, 1.54) is 18.3 Å². The van der Waals surface area contributed by atoms with E-state index >= 15 is 0 Å². The minimum atomic E-state index is -1.28. The summed E-state index contributed by atoms with van der Waals surface area (Å²) < 4.78 is 4.76. The zero-order valence-electron chi connectivity index (χ0n) is 5.99. The summed E-state index contributed by atoms with van der Waals surface area (Å²) >= 11 is 5.51. The van der Waals surface area contributed by atoms with E-state index in [4.69, 9.17) is 16.3 Å². The highest BCUT2D eigenvalue weighted by molar-refractivity contribution is 6.29. The van der Waals surface area contributed by atoms with Crippen molar-refractivity contribution in [3.05, 3.63) is 23.5 Å². The second kappa shape index (κ2) is 3.92. The molecule has 0 saturated carbocycles. The van der Waals surface area contributed by atoms with Crippen molar-refractivity contribution in [2.75, 3.05) is 6.61 Å². The second-order valence-corrected chi connectivity index (χ2v) is 2.36. The Morgan fingerprint density at radius 3 is 3.08 bits per heavy atom. The number of aliphatic carboxylic acids is 1. The van der Waals surface area contributed by atoms with Gasteiger partial charge in [-0.05, 0) is 6.07 Å². The Morgan fingerprint density at radius 2 is 2.50 bits per heavy atom. The summed E-state index contributed by atoms with van der Waals surface area (Å²) in [6.45, 7) is -0.486. The fourth-order valence-corrected chi connectivity index (χ4v) is 0.781. The van der Waals surface area contributed by atoms with Gasteiger partial charge in [0.25, 0.3) is 0 Å². The maximum Gasteiger partial charge on any atom is 0.132 e. The molecule has 0 N–H and O–H groups in total. The van der Waals surface area contributed by atoms with Gasteiger partial charge in [0.1, 0.15) is 17.5 Å². The van der Waals surface area contributed by atoms with Crippen LogP contribution in [0, 0.1) is 0 Å². The van der Waals surface area contributed by atoms with Crippen LogP contribution in [0.4, 0.5) is 0 Å². The molecule has 0 unspecified atom stereocenters. The molecular weight excluding hydrogens is 182 g/mol. The lowest BCUT2D eigenvalue weighted by Gasteiger charge is -2.05. The number of carbonyl (C=O) groups excluding carboxylic acids is 1. The predicted molar refractivity (Wildman–Crippen MR) is 39.7 cm³/mol. The van der Waals surface area contributed by atoms with Crippen molar-refractivity contribution in [2.24, 2.45) is 0 Å².